The lowest BCUT2D eigenvalue weighted by Gasteiger charge is -2.36. The van der Waals surface area contributed by atoms with Crippen molar-refractivity contribution in [3.05, 3.63) is 40.2 Å². The zero-order chi connectivity index (χ0) is 21.6. The molecule has 0 aliphatic heterocycles. The van der Waals surface area contributed by atoms with Crippen LogP contribution in [-0.4, -0.2) is 38.5 Å². The highest BCUT2D eigenvalue weighted by atomic mass is 32.1. The first kappa shape index (κ1) is 20.7. The zero-order valence-corrected chi connectivity index (χ0v) is 16.1. The number of carbonyl (C=O) groups is 1. The number of nitrogens with two attached hydrogens (primary N) is 1. The van der Waals surface area contributed by atoms with Crippen LogP contribution in [0.1, 0.15) is 40.4 Å². The number of fused-ring (bicyclic) bond motifs is 1. The molecule has 1 amide bonds. The van der Waals surface area contributed by atoms with Crippen LogP contribution in [0.15, 0.2) is 24.5 Å². The first-order valence-corrected chi connectivity index (χ1v) is 9.85. The summed E-state index contributed by atoms with van der Waals surface area (Å²) in [6.07, 6.45) is -0.559. The van der Waals surface area contributed by atoms with Crippen LogP contribution in [0.25, 0.3) is 16.8 Å². The number of amides is 1. The third-order valence-electron chi connectivity index (χ3n) is 5.00. The first-order valence-electron chi connectivity index (χ1n) is 9.04. The average Bonchev–Trinajstić information content (AvgIpc) is 3.28. The Morgan fingerprint density at radius 1 is 1.37 bits per heavy atom. The summed E-state index contributed by atoms with van der Waals surface area (Å²) in [6, 6.07) is -0.0924. The highest BCUT2D eigenvalue weighted by Crippen LogP contribution is 2.38. The third kappa shape index (κ3) is 3.65. The van der Waals surface area contributed by atoms with Crippen LogP contribution in [0.4, 0.5) is 22.0 Å². The van der Waals surface area contributed by atoms with Crippen molar-refractivity contribution in [1.29, 1.82) is 0 Å². The topological polar surface area (TPSA) is 85.3 Å². The van der Waals surface area contributed by atoms with Crippen LogP contribution in [-0.2, 0) is 0 Å². The Bertz CT molecular complexity index is 1100. The fraction of sp³-hybridized carbons (Fsp3) is 0.389. The van der Waals surface area contributed by atoms with E-state index in [-0.39, 0.29) is 17.7 Å². The normalized spacial score (nSPS) is 21.3. The van der Waals surface area contributed by atoms with Crippen LogP contribution in [0, 0.1) is 5.82 Å². The van der Waals surface area contributed by atoms with Gasteiger partial charge in [-0.1, -0.05) is 0 Å². The molecule has 2 atom stereocenters. The number of pyridine rings is 1. The number of halogens is 5. The Hall–Kier alpha value is -2.60. The van der Waals surface area contributed by atoms with Crippen LogP contribution >= 0.6 is 11.3 Å². The van der Waals surface area contributed by atoms with E-state index < -0.39 is 52.5 Å². The fourth-order valence-corrected chi connectivity index (χ4v) is 4.37. The van der Waals surface area contributed by atoms with Gasteiger partial charge in [0.05, 0.1) is 28.5 Å². The molecule has 1 fully saturated rings. The molecular weight excluding hydrogens is 429 g/mol. The van der Waals surface area contributed by atoms with Gasteiger partial charge in [-0.3, -0.25) is 4.79 Å². The van der Waals surface area contributed by atoms with Gasteiger partial charge in [-0.05, 0) is 25.0 Å². The number of carbonyl (C=O) groups excluding carboxylic acids is 1. The molecule has 6 nitrogen and oxygen atoms in total. The van der Waals surface area contributed by atoms with Crippen molar-refractivity contribution in [3.8, 4) is 11.3 Å². The van der Waals surface area contributed by atoms with E-state index in [1.165, 1.54) is 12.3 Å². The number of hydrogen-bond donors (Lipinski definition) is 2. The highest BCUT2D eigenvalue weighted by Gasteiger charge is 2.47. The van der Waals surface area contributed by atoms with E-state index in [2.05, 4.69) is 15.4 Å². The Labute approximate surface area is 170 Å². The number of thiazole rings is 1. The van der Waals surface area contributed by atoms with E-state index in [1.807, 2.05) is 0 Å². The van der Waals surface area contributed by atoms with Crippen molar-refractivity contribution in [3.63, 3.8) is 0 Å². The molecular formula is C18H16F5N5OS. The van der Waals surface area contributed by atoms with Crippen molar-refractivity contribution in [2.45, 2.75) is 43.7 Å². The highest BCUT2D eigenvalue weighted by molar-refractivity contribution is 7.14. The van der Waals surface area contributed by atoms with Crippen LogP contribution < -0.4 is 11.1 Å². The van der Waals surface area contributed by atoms with Gasteiger partial charge in [-0.15, -0.1) is 11.3 Å². The van der Waals surface area contributed by atoms with Crippen molar-refractivity contribution in [1.82, 2.24) is 19.9 Å². The SMILES string of the molecule is N[C@H]1CCCC(F)(F)C1NC(=O)c1nc(-c2cnn3cc(F)ccc23)c(C(F)F)s1. The molecule has 1 unspecified atom stereocenters. The molecule has 0 radical (unpaired) electrons. The molecule has 0 spiro atoms. The molecule has 3 N–H and O–H groups in total. The van der Waals surface area contributed by atoms with E-state index in [9.17, 15) is 26.7 Å². The molecule has 160 valence electrons. The molecule has 3 aromatic heterocycles. The molecule has 3 aromatic rings. The third-order valence-corrected chi connectivity index (χ3v) is 6.06. The summed E-state index contributed by atoms with van der Waals surface area (Å²) in [5.74, 6) is -4.78. The van der Waals surface area contributed by atoms with Crippen LogP contribution in [0.3, 0.4) is 0 Å². The predicted octanol–water partition coefficient (Wildman–Crippen LogP) is 3.78. The molecule has 0 bridgehead atoms. The quantitative estimate of drug-likeness (QED) is 0.599. The summed E-state index contributed by atoms with van der Waals surface area (Å²) in [5.41, 5.74) is 6.00. The van der Waals surface area contributed by atoms with E-state index in [4.69, 9.17) is 5.73 Å². The maximum Gasteiger partial charge on any atom is 0.280 e. The van der Waals surface area contributed by atoms with Crippen molar-refractivity contribution in [2.75, 3.05) is 0 Å². The van der Waals surface area contributed by atoms with Gasteiger partial charge in [-0.25, -0.2) is 31.5 Å². The Kier molecular flexibility index (Phi) is 5.22. The summed E-state index contributed by atoms with van der Waals surface area (Å²) in [6.45, 7) is 0. The van der Waals surface area contributed by atoms with Gasteiger partial charge in [0.1, 0.15) is 11.9 Å². The molecule has 30 heavy (non-hydrogen) atoms. The van der Waals surface area contributed by atoms with Gasteiger partial charge < -0.3 is 11.1 Å². The molecule has 12 heteroatoms. The Morgan fingerprint density at radius 3 is 2.83 bits per heavy atom. The minimum Gasteiger partial charge on any atom is -0.340 e. The van der Waals surface area contributed by atoms with E-state index >= 15 is 0 Å². The minimum absolute atomic E-state index is 0.167. The minimum atomic E-state index is -3.20. The van der Waals surface area contributed by atoms with E-state index in [1.54, 1.807) is 0 Å². The Morgan fingerprint density at radius 2 is 2.13 bits per heavy atom. The van der Waals surface area contributed by atoms with E-state index in [0.29, 0.717) is 23.3 Å². The number of alkyl halides is 4. The summed E-state index contributed by atoms with van der Waals surface area (Å²) in [5, 5.41) is 5.68. The summed E-state index contributed by atoms with van der Waals surface area (Å²) < 4.78 is 70.1. The number of nitrogens with zero attached hydrogens (tertiary/aromatic N) is 3. The van der Waals surface area contributed by atoms with Gasteiger partial charge in [0.15, 0.2) is 5.01 Å². The van der Waals surface area contributed by atoms with Gasteiger partial charge in [0, 0.05) is 18.0 Å². The summed E-state index contributed by atoms with van der Waals surface area (Å²) >= 11 is 0.406. The zero-order valence-electron chi connectivity index (χ0n) is 15.3. The first-order chi connectivity index (χ1) is 14.2. The second kappa shape index (κ2) is 7.58. The monoisotopic (exact) mass is 445 g/mol. The lowest BCUT2D eigenvalue weighted by Crippen LogP contribution is -2.59. The van der Waals surface area contributed by atoms with Crippen molar-refractivity contribution in [2.24, 2.45) is 5.73 Å². The van der Waals surface area contributed by atoms with Crippen molar-refractivity contribution < 1.29 is 26.7 Å². The van der Waals surface area contributed by atoms with Crippen molar-refractivity contribution >= 4 is 22.8 Å². The predicted molar refractivity (Wildman–Crippen MR) is 99.2 cm³/mol. The van der Waals surface area contributed by atoms with Gasteiger partial charge in [-0.2, -0.15) is 5.10 Å². The molecule has 0 saturated heterocycles. The molecule has 0 aromatic carbocycles. The standard InChI is InChI=1S/C18H16F5N5OS/c19-8-3-4-11-9(6-25-28(11)7-8)12-13(15(20)21)30-17(26-12)16(29)27-14-10(24)2-1-5-18(14,22)23/h3-4,6-7,10,14-15H,1-2,5,24H2,(H,27,29)/t10-,14?/m0/s1. The summed E-state index contributed by atoms with van der Waals surface area (Å²) in [4.78, 5) is 16.0. The number of hydrogen-bond acceptors (Lipinski definition) is 5. The second-order valence-electron chi connectivity index (χ2n) is 7.04. The summed E-state index contributed by atoms with van der Waals surface area (Å²) in [7, 11) is 0. The number of aromatic nitrogens is 3. The maximum absolute atomic E-state index is 14.2. The smallest absolute Gasteiger partial charge is 0.280 e. The lowest BCUT2D eigenvalue weighted by atomic mass is 9.87. The second-order valence-corrected chi connectivity index (χ2v) is 8.07. The maximum atomic E-state index is 14.2. The largest absolute Gasteiger partial charge is 0.340 e. The van der Waals surface area contributed by atoms with Gasteiger partial charge >= 0.3 is 0 Å². The van der Waals surface area contributed by atoms with E-state index in [0.717, 1.165) is 16.8 Å². The van der Waals surface area contributed by atoms with Gasteiger partial charge in [0.25, 0.3) is 18.3 Å². The average molecular weight is 445 g/mol. The fourth-order valence-electron chi connectivity index (χ4n) is 3.54. The number of rotatable bonds is 4. The van der Waals surface area contributed by atoms with Crippen LogP contribution in [0.5, 0.6) is 0 Å². The Balaban J connectivity index is 1.69. The molecule has 1 aliphatic rings. The van der Waals surface area contributed by atoms with Crippen LogP contribution in [0.2, 0.25) is 0 Å². The number of nitrogens with one attached hydrogen (secondary N) is 1. The molecule has 1 saturated carbocycles. The molecule has 4 rings (SSSR count). The van der Waals surface area contributed by atoms with Gasteiger partial charge in [0.2, 0.25) is 0 Å². The molecule has 3 heterocycles. The lowest BCUT2D eigenvalue weighted by molar-refractivity contribution is -0.0674. The molecule has 1 aliphatic carbocycles.